The highest BCUT2D eigenvalue weighted by molar-refractivity contribution is 6.50. The Morgan fingerprint density at radius 3 is 2.04 bits per heavy atom. The van der Waals surface area contributed by atoms with Crippen LogP contribution in [0.3, 0.4) is 0 Å². The number of rotatable bonds is 0. The van der Waals surface area contributed by atoms with Crippen LogP contribution in [0.15, 0.2) is 36.4 Å². The topological polar surface area (TPSA) is 7.68 Å². The molecular formula is C16H19BF4N2. The number of halogens is 4. The third-order valence-electron chi connectivity index (χ3n) is 4.42. The van der Waals surface area contributed by atoms with Gasteiger partial charge in [-0.25, -0.2) is 0 Å². The summed E-state index contributed by atoms with van der Waals surface area (Å²) in [5, 5.41) is 2.89. The fourth-order valence-corrected chi connectivity index (χ4v) is 3.59. The molecule has 3 aliphatic rings. The summed E-state index contributed by atoms with van der Waals surface area (Å²) >= 11 is 0. The Balaban J connectivity index is 0.000000276. The molecular weight excluding hydrogens is 307 g/mol. The van der Waals surface area contributed by atoms with Gasteiger partial charge in [0.05, 0.1) is 24.2 Å². The number of hydrogen-bond acceptors (Lipinski definition) is 1. The minimum atomic E-state index is -6.00. The largest absolute Gasteiger partial charge is 0.673 e. The Bertz CT molecular complexity index is 627. The molecule has 3 aliphatic heterocycles. The second kappa shape index (κ2) is 6.39. The molecule has 0 aliphatic carbocycles. The highest BCUT2D eigenvalue weighted by Crippen LogP contribution is 2.33. The second-order valence-corrected chi connectivity index (χ2v) is 5.97. The molecule has 0 spiro atoms. The first-order chi connectivity index (χ1) is 10.9. The lowest BCUT2D eigenvalue weighted by molar-refractivity contribution is -0.832. The first-order valence-electron chi connectivity index (χ1n) is 7.92. The summed E-state index contributed by atoms with van der Waals surface area (Å²) in [6.45, 7) is 5.00. The number of nitrogens with zero attached hydrogens (tertiary/aromatic N) is 1. The molecule has 3 heterocycles. The summed E-state index contributed by atoms with van der Waals surface area (Å²) in [6, 6.07) is 13.6. The molecule has 0 radical (unpaired) electrons. The molecule has 23 heavy (non-hydrogen) atoms. The first-order valence-corrected chi connectivity index (χ1v) is 7.92. The van der Waals surface area contributed by atoms with Gasteiger partial charge in [0.25, 0.3) is 0 Å². The molecule has 0 aromatic heterocycles. The lowest BCUT2D eigenvalue weighted by Gasteiger charge is -2.34. The smallest absolute Gasteiger partial charge is 0.418 e. The Morgan fingerprint density at radius 2 is 1.43 bits per heavy atom. The van der Waals surface area contributed by atoms with E-state index in [0.29, 0.717) is 0 Å². The minimum absolute atomic E-state index is 1.22. The number of quaternary nitrogens is 1. The molecule has 0 amide bonds. The van der Waals surface area contributed by atoms with E-state index in [1.165, 1.54) is 61.2 Å². The summed E-state index contributed by atoms with van der Waals surface area (Å²) in [5.74, 6) is 0. The highest BCUT2D eigenvalue weighted by atomic mass is 19.5. The van der Waals surface area contributed by atoms with Crippen LogP contribution in [-0.4, -0.2) is 33.4 Å². The average molecular weight is 326 g/mol. The van der Waals surface area contributed by atoms with Crippen molar-refractivity contribution in [2.24, 2.45) is 0 Å². The van der Waals surface area contributed by atoms with Gasteiger partial charge in [0.2, 0.25) is 0 Å². The maximum atomic E-state index is 9.75. The third-order valence-corrected chi connectivity index (χ3v) is 4.42. The quantitative estimate of drug-likeness (QED) is 0.577. The molecule has 2 aromatic rings. The third kappa shape index (κ3) is 3.78. The van der Waals surface area contributed by atoms with E-state index in [9.17, 15) is 17.3 Å². The van der Waals surface area contributed by atoms with Crippen LogP contribution in [0.4, 0.5) is 28.6 Å². The average Bonchev–Trinajstić information content (AvgIpc) is 2.42. The van der Waals surface area contributed by atoms with Gasteiger partial charge in [0, 0.05) is 25.9 Å². The Morgan fingerprint density at radius 1 is 0.870 bits per heavy atom. The Labute approximate surface area is 132 Å². The molecule has 1 N–H and O–H groups in total. The number of benzene rings is 2. The fourth-order valence-electron chi connectivity index (χ4n) is 3.59. The van der Waals surface area contributed by atoms with E-state index in [2.05, 4.69) is 41.3 Å². The van der Waals surface area contributed by atoms with E-state index < -0.39 is 7.25 Å². The molecule has 0 saturated carbocycles. The van der Waals surface area contributed by atoms with E-state index in [1.54, 1.807) is 4.90 Å². The van der Waals surface area contributed by atoms with E-state index in [-0.39, 0.29) is 0 Å². The lowest BCUT2D eigenvalue weighted by Crippen LogP contribution is -3.07. The van der Waals surface area contributed by atoms with Crippen molar-refractivity contribution in [1.82, 2.24) is 0 Å². The molecule has 124 valence electrons. The van der Waals surface area contributed by atoms with Crippen molar-refractivity contribution in [2.75, 3.05) is 31.1 Å². The Kier molecular flexibility index (Phi) is 4.48. The summed E-state index contributed by atoms with van der Waals surface area (Å²) in [7, 11) is -6.00. The molecule has 5 rings (SSSR count). The zero-order valence-corrected chi connectivity index (χ0v) is 12.7. The summed E-state index contributed by atoms with van der Waals surface area (Å²) in [5.41, 5.74) is 2.98. The second-order valence-electron chi connectivity index (χ2n) is 5.97. The van der Waals surface area contributed by atoms with Gasteiger partial charge in [0.1, 0.15) is 5.69 Å². The predicted molar refractivity (Wildman–Crippen MR) is 85.9 cm³/mol. The van der Waals surface area contributed by atoms with Crippen LogP contribution >= 0.6 is 0 Å². The first kappa shape index (κ1) is 16.1. The van der Waals surface area contributed by atoms with Crippen LogP contribution in [0.5, 0.6) is 0 Å². The van der Waals surface area contributed by atoms with E-state index in [1.807, 2.05) is 0 Å². The van der Waals surface area contributed by atoms with Crippen molar-refractivity contribution >= 4 is 29.4 Å². The monoisotopic (exact) mass is 326 g/mol. The highest BCUT2D eigenvalue weighted by Gasteiger charge is 2.25. The number of anilines is 1. The van der Waals surface area contributed by atoms with Gasteiger partial charge in [-0.3, -0.25) is 0 Å². The maximum absolute atomic E-state index is 9.75. The SMILES string of the molecule is F[B-](F)(F)F.c1cc2c3c(cccc3c1)[NH+]1CCCN2CCC1. The predicted octanol–water partition coefficient (Wildman–Crippen LogP) is 3.27. The summed E-state index contributed by atoms with van der Waals surface area (Å²) < 4.78 is 39.0. The van der Waals surface area contributed by atoms with Gasteiger partial charge in [-0.05, 0) is 17.5 Å². The van der Waals surface area contributed by atoms with Crippen LogP contribution in [-0.2, 0) is 0 Å². The minimum Gasteiger partial charge on any atom is -0.418 e. The van der Waals surface area contributed by atoms with Gasteiger partial charge in [-0.1, -0.05) is 24.3 Å². The van der Waals surface area contributed by atoms with Crippen LogP contribution in [0, 0.1) is 0 Å². The van der Waals surface area contributed by atoms with E-state index >= 15 is 0 Å². The maximum Gasteiger partial charge on any atom is 0.673 e. The molecule has 0 unspecified atom stereocenters. The zero-order chi connectivity index (χ0) is 16.4. The normalized spacial score (nSPS) is 18.0. The van der Waals surface area contributed by atoms with Crippen LogP contribution < -0.4 is 9.80 Å². The van der Waals surface area contributed by atoms with Crippen molar-refractivity contribution in [3.8, 4) is 0 Å². The molecule has 2 bridgehead atoms. The van der Waals surface area contributed by atoms with Gasteiger partial charge < -0.3 is 27.1 Å². The van der Waals surface area contributed by atoms with Crippen LogP contribution in [0.2, 0.25) is 0 Å². The molecule has 2 aromatic carbocycles. The Hall–Kier alpha value is -1.76. The summed E-state index contributed by atoms with van der Waals surface area (Å²) in [4.78, 5) is 4.29. The van der Waals surface area contributed by atoms with Crippen LogP contribution in [0.1, 0.15) is 12.8 Å². The molecule has 1 fully saturated rings. The van der Waals surface area contributed by atoms with Crippen LogP contribution in [0.25, 0.3) is 10.8 Å². The fraction of sp³-hybridized carbons (Fsp3) is 0.375. The molecule has 2 nitrogen and oxygen atoms in total. The number of fused-ring (bicyclic) bond motifs is 4. The van der Waals surface area contributed by atoms with Gasteiger partial charge >= 0.3 is 7.25 Å². The lowest BCUT2D eigenvalue weighted by atomic mass is 10.0. The van der Waals surface area contributed by atoms with Crippen molar-refractivity contribution in [3.63, 3.8) is 0 Å². The van der Waals surface area contributed by atoms with Crippen molar-refractivity contribution in [2.45, 2.75) is 12.8 Å². The van der Waals surface area contributed by atoms with Gasteiger partial charge in [0.15, 0.2) is 0 Å². The molecule has 1 saturated heterocycles. The van der Waals surface area contributed by atoms with Gasteiger partial charge in [-0.2, -0.15) is 0 Å². The zero-order valence-electron chi connectivity index (χ0n) is 12.7. The van der Waals surface area contributed by atoms with E-state index in [0.717, 1.165) is 0 Å². The standard InChI is InChI=1S/C16H18N2.BF4/c1-5-13-6-2-8-15-16(13)14(7-1)17-9-3-11-18(15)12-4-10-17;2-1(3,4)5/h1-2,5-8H,3-4,9-12H2;/q;-1/p+1. The van der Waals surface area contributed by atoms with Gasteiger partial charge in [-0.15, -0.1) is 0 Å². The van der Waals surface area contributed by atoms with E-state index in [4.69, 9.17) is 0 Å². The number of nitrogens with one attached hydrogen (secondary N) is 1. The molecule has 0 atom stereocenters. The van der Waals surface area contributed by atoms with Crippen molar-refractivity contribution in [1.29, 1.82) is 0 Å². The van der Waals surface area contributed by atoms with Crippen molar-refractivity contribution in [3.05, 3.63) is 36.4 Å². The molecule has 7 heteroatoms. The summed E-state index contributed by atoms with van der Waals surface area (Å²) in [6.07, 6.45) is 2.61. The number of hydrogen-bond donors (Lipinski definition) is 1. The van der Waals surface area contributed by atoms with Crippen molar-refractivity contribution < 1.29 is 22.2 Å².